The molecule has 1 unspecified atom stereocenters. The van der Waals surface area contributed by atoms with Crippen LogP contribution in [0.2, 0.25) is 0 Å². The van der Waals surface area contributed by atoms with Crippen LogP contribution in [0.1, 0.15) is 15.9 Å². The Balaban J connectivity index is 2.64. The van der Waals surface area contributed by atoms with Crippen LogP contribution in [0, 0.1) is 0 Å². The van der Waals surface area contributed by atoms with Crippen LogP contribution in [0.4, 0.5) is 0 Å². The summed E-state index contributed by atoms with van der Waals surface area (Å²) in [6.07, 6.45) is 0. The minimum absolute atomic E-state index is 0.136. The highest BCUT2D eigenvalue weighted by Gasteiger charge is 2.17. The minimum atomic E-state index is -0.657. The van der Waals surface area contributed by atoms with Crippen molar-refractivity contribution in [2.75, 3.05) is 27.8 Å². The van der Waals surface area contributed by atoms with Gasteiger partial charge in [-0.2, -0.15) is 0 Å². The number of nitrogens with one attached hydrogen (secondary N) is 1. The van der Waals surface area contributed by atoms with E-state index in [4.69, 9.17) is 10.5 Å². The van der Waals surface area contributed by atoms with Crippen molar-refractivity contribution in [2.45, 2.75) is 12.6 Å². The quantitative estimate of drug-likeness (QED) is 0.766. The summed E-state index contributed by atoms with van der Waals surface area (Å²) in [5, 5.41) is 2.55. The molecule has 0 spiro atoms. The van der Waals surface area contributed by atoms with Crippen molar-refractivity contribution in [1.82, 2.24) is 10.2 Å². The van der Waals surface area contributed by atoms with E-state index in [1.54, 1.807) is 31.1 Å². The summed E-state index contributed by atoms with van der Waals surface area (Å²) in [6, 6.07) is 6.42. The van der Waals surface area contributed by atoms with Crippen LogP contribution in [0.3, 0.4) is 0 Å². The first-order valence-corrected chi connectivity index (χ1v) is 6.30. The number of carbonyl (C=O) groups is 2. The predicted octanol–water partition coefficient (Wildman–Crippen LogP) is -0.0217. The van der Waals surface area contributed by atoms with Gasteiger partial charge in [0, 0.05) is 33.3 Å². The summed E-state index contributed by atoms with van der Waals surface area (Å²) >= 11 is 0. The fraction of sp³-hybridized carbons (Fsp3) is 0.429. The molecular weight excluding hydrogens is 258 g/mol. The molecule has 0 saturated carbocycles. The van der Waals surface area contributed by atoms with Crippen LogP contribution in [0.5, 0.6) is 0 Å². The molecule has 1 atom stereocenters. The monoisotopic (exact) mass is 279 g/mol. The molecule has 1 aromatic rings. The lowest BCUT2D eigenvalue weighted by Crippen LogP contribution is -2.44. The lowest BCUT2D eigenvalue weighted by molar-refractivity contribution is -0.132. The molecule has 0 saturated heterocycles. The van der Waals surface area contributed by atoms with E-state index in [0.717, 1.165) is 5.56 Å². The Bertz CT molecular complexity index is 459. The number of amides is 2. The van der Waals surface area contributed by atoms with Gasteiger partial charge < -0.3 is 20.7 Å². The van der Waals surface area contributed by atoms with Crippen molar-refractivity contribution in [3.05, 3.63) is 35.4 Å². The number of carbonyl (C=O) groups excluding carboxylic acids is 2. The third-order valence-corrected chi connectivity index (χ3v) is 2.90. The first kappa shape index (κ1) is 16.1. The second-order valence-electron chi connectivity index (χ2n) is 4.53. The van der Waals surface area contributed by atoms with Crippen molar-refractivity contribution < 1.29 is 14.3 Å². The molecule has 6 heteroatoms. The Morgan fingerprint density at radius 2 is 1.95 bits per heavy atom. The van der Waals surface area contributed by atoms with Gasteiger partial charge in [0.25, 0.3) is 5.91 Å². The van der Waals surface area contributed by atoms with E-state index in [9.17, 15) is 9.59 Å². The van der Waals surface area contributed by atoms with Crippen molar-refractivity contribution in [3.8, 4) is 0 Å². The third kappa shape index (κ3) is 4.32. The number of likely N-dealkylation sites (N-methyl/N-ethyl adjacent to an activating group) is 1. The maximum absolute atomic E-state index is 11.9. The Hall–Kier alpha value is -1.92. The summed E-state index contributed by atoms with van der Waals surface area (Å²) < 4.78 is 4.86. The second kappa shape index (κ2) is 7.62. The van der Waals surface area contributed by atoms with Gasteiger partial charge >= 0.3 is 0 Å². The molecule has 1 aromatic carbocycles. The summed E-state index contributed by atoms with van der Waals surface area (Å²) in [5.41, 5.74) is 7.21. The number of nitrogens with two attached hydrogens (primary N) is 1. The van der Waals surface area contributed by atoms with Crippen molar-refractivity contribution in [3.63, 3.8) is 0 Å². The van der Waals surface area contributed by atoms with Crippen LogP contribution in [-0.4, -0.2) is 50.6 Å². The van der Waals surface area contributed by atoms with Crippen LogP contribution in [0.25, 0.3) is 0 Å². The number of nitrogens with zero attached hydrogens (tertiary/aromatic N) is 1. The second-order valence-corrected chi connectivity index (χ2v) is 4.53. The molecule has 1 rings (SSSR count). The van der Waals surface area contributed by atoms with Crippen LogP contribution in [-0.2, 0) is 16.1 Å². The van der Waals surface area contributed by atoms with Gasteiger partial charge in [-0.05, 0) is 17.7 Å². The molecule has 0 radical (unpaired) electrons. The predicted molar refractivity (Wildman–Crippen MR) is 76.2 cm³/mol. The number of hydrogen-bond donors (Lipinski definition) is 2. The molecule has 0 fully saturated rings. The Kier molecular flexibility index (Phi) is 6.14. The lowest BCUT2D eigenvalue weighted by Gasteiger charge is -2.21. The summed E-state index contributed by atoms with van der Waals surface area (Å²) in [6.45, 7) is 0.628. The maximum Gasteiger partial charge on any atom is 0.251 e. The molecule has 0 heterocycles. The van der Waals surface area contributed by atoms with Crippen LogP contribution < -0.4 is 11.1 Å². The number of benzene rings is 1. The topological polar surface area (TPSA) is 84.7 Å². The van der Waals surface area contributed by atoms with E-state index < -0.39 is 6.04 Å². The number of hydrogen-bond acceptors (Lipinski definition) is 4. The van der Waals surface area contributed by atoms with Gasteiger partial charge in [0.1, 0.15) is 6.04 Å². The smallest absolute Gasteiger partial charge is 0.251 e. The first-order valence-electron chi connectivity index (χ1n) is 6.30. The maximum atomic E-state index is 11.9. The minimum Gasteiger partial charge on any atom is -0.383 e. The molecule has 0 aliphatic heterocycles. The van der Waals surface area contributed by atoms with E-state index in [1.165, 1.54) is 7.11 Å². The molecule has 0 aliphatic carbocycles. The molecule has 6 nitrogen and oxygen atoms in total. The third-order valence-electron chi connectivity index (χ3n) is 2.90. The average molecular weight is 279 g/mol. The standard InChI is InChI=1S/C14H21N3O3/c1-16-13(18)11-6-4-10(5-7-11)8-17(2)14(19)12(15)9-20-3/h4-7,12H,8-9,15H2,1-3H3,(H,16,18). The first-order chi connectivity index (χ1) is 9.49. The highest BCUT2D eigenvalue weighted by molar-refractivity contribution is 5.93. The summed E-state index contributed by atoms with van der Waals surface area (Å²) in [7, 11) is 4.77. The lowest BCUT2D eigenvalue weighted by atomic mass is 10.1. The molecule has 2 amide bonds. The average Bonchev–Trinajstić information content (AvgIpc) is 2.46. The fourth-order valence-electron chi connectivity index (χ4n) is 1.79. The number of rotatable bonds is 6. The zero-order valence-electron chi connectivity index (χ0n) is 12.1. The molecule has 0 aromatic heterocycles. The van der Waals surface area contributed by atoms with Crippen LogP contribution in [0.15, 0.2) is 24.3 Å². The van der Waals surface area contributed by atoms with Gasteiger partial charge in [-0.3, -0.25) is 9.59 Å². The van der Waals surface area contributed by atoms with E-state index in [1.807, 2.05) is 12.1 Å². The van der Waals surface area contributed by atoms with Gasteiger partial charge in [-0.25, -0.2) is 0 Å². The van der Waals surface area contributed by atoms with Crippen LogP contribution >= 0.6 is 0 Å². The summed E-state index contributed by atoms with van der Waals surface area (Å²) in [4.78, 5) is 24.9. The zero-order valence-corrected chi connectivity index (χ0v) is 12.1. The molecule has 110 valence electrons. The van der Waals surface area contributed by atoms with Gasteiger partial charge in [0.2, 0.25) is 5.91 Å². The molecule has 0 aliphatic rings. The number of ether oxygens (including phenoxy) is 1. The van der Waals surface area contributed by atoms with Gasteiger partial charge in [0.05, 0.1) is 6.61 Å². The van der Waals surface area contributed by atoms with E-state index in [0.29, 0.717) is 12.1 Å². The molecular formula is C14H21N3O3. The largest absolute Gasteiger partial charge is 0.383 e. The van der Waals surface area contributed by atoms with E-state index in [-0.39, 0.29) is 18.4 Å². The Morgan fingerprint density at radius 1 is 1.35 bits per heavy atom. The Labute approximate surface area is 118 Å². The van der Waals surface area contributed by atoms with Crippen molar-refractivity contribution >= 4 is 11.8 Å². The fourth-order valence-corrected chi connectivity index (χ4v) is 1.79. The van der Waals surface area contributed by atoms with E-state index in [2.05, 4.69) is 5.32 Å². The molecule has 3 N–H and O–H groups in total. The SMILES string of the molecule is CNC(=O)c1ccc(CN(C)C(=O)C(N)COC)cc1. The van der Waals surface area contributed by atoms with Crippen molar-refractivity contribution in [1.29, 1.82) is 0 Å². The highest BCUT2D eigenvalue weighted by atomic mass is 16.5. The summed E-state index contributed by atoms with van der Waals surface area (Å²) in [5.74, 6) is -0.315. The van der Waals surface area contributed by atoms with Gasteiger partial charge in [-0.15, -0.1) is 0 Å². The van der Waals surface area contributed by atoms with Gasteiger partial charge in [0.15, 0.2) is 0 Å². The normalized spacial score (nSPS) is 11.8. The van der Waals surface area contributed by atoms with E-state index >= 15 is 0 Å². The highest BCUT2D eigenvalue weighted by Crippen LogP contribution is 2.07. The van der Waals surface area contributed by atoms with Crippen molar-refractivity contribution in [2.24, 2.45) is 5.73 Å². The number of methoxy groups -OCH3 is 1. The Morgan fingerprint density at radius 3 is 2.45 bits per heavy atom. The van der Waals surface area contributed by atoms with Gasteiger partial charge in [-0.1, -0.05) is 12.1 Å². The zero-order chi connectivity index (χ0) is 15.1. The molecule has 20 heavy (non-hydrogen) atoms. The molecule has 0 bridgehead atoms.